The summed E-state index contributed by atoms with van der Waals surface area (Å²) in [6.45, 7) is 2.94. The lowest BCUT2D eigenvalue weighted by Gasteiger charge is -2.23. The van der Waals surface area contributed by atoms with Gasteiger partial charge in [0, 0.05) is 19.6 Å². The van der Waals surface area contributed by atoms with Crippen LogP contribution in [0.1, 0.15) is 6.42 Å². The molecule has 0 saturated carbocycles. The van der Waals surface area contributed by atoms with E-state index in [2.05, 4.69) is 10.6 Å². The molecule has 2 unspecified atom stereocenters. The van der Waals surface area contributed by atoms with Crippen molar-refractivity contribution in [2.45, 2.75) is 12.5 Å². The Morgan fingerprint density at radius 1 is 1.60 bits per heavy atom. The fourth-order valence-corrected chi connectivity index (χ4v) is 3.12. The standard InChI is InChI=1S/C10H18N2O2S/c13-10(9-6-11-2-3-14-9)12-5-8-1-4-15-7-8/h8-9,11H,1-7H2,(H,12,13). The predicted molar refractivity (Wildman–Crippen MR) is 61.1 cm³/mol. The van der Waals surface area contributed by atoms with Crippen molar-refractivity contribution >= 4 is 17.7 Å². The molecule has 2 rings (SSSR count). The summed E-state index contributed by atoms with van der Waals surface area (Å²) in [6.07, 6.45) is 0.946. The van der Waals surface area contributed by atoms with Crippen molar-refractivity contribution in [3.63, 3.8) is 0 Å². The van der Waals surface area contributed by atoms with Crippen LogP contribution in [0.3, 0.4) is 0 Å². The number of morpholine rings is 1. The van der Waals surface area contributed by atoms with Crippen LogP contribution in [0.15, 0.2) is 0 Å². The Kier molecular flexibility index (Phi) is 4.29. The summed E-state index contributed by atoms with van der Waals surface area (Å²) in [5, 5.41) is 6.13. The van der Waals surface area contributed by atoms with Crippen LogP contribution >= 0.6 is 11.8 Å². The summed E-state index contributed by atoms with van der Waals surface area (Å²) in [7, 11) is 0. The van der Waals surface area contributed by atoms with Crippen molar-refractivity contribution < 1.29 is 9.53 Å². The highest BCUT2D eigenvalue weighted by molar-refractivity contribution is 7.99. The van der Waals surface area contributed by atoms with E-state index < -0.39 is 0 Å². The Hall–Kier alpha value is -0.260. The van der Waals surface area contributed by atoms with Crippen LogP contribution in [0.2, 0.25) is 0 Å². The van der Waals surface area contributed by atoms with Gasteiger partial charge >= 0.3 is 0 Å². The van der Waals surface area contributed by atoms with Crippen molar-refractivity contribution in [2.24, 2.45) is 5.92 Å². The number of rotatable bonds is 3. The first-order valence-corrected chi connectivity index (χ1v) is 6.69. The summed E-state index contributed by atoms with van der Waals surface area (Å²) in [5.74, 6) is 3.13. The third kappa shape index (κ3) is 3.36. The highest BCUT2D eigenvalue weighted by Crippen LogP contribution is 2.22. The van der Waals surface area contributed by atoms with E-state index in [0.29, 0.717) is 19.1 Å². The Morgan fingerprint density at radius 3 is 3.20 bits per heavy atom. The fourth-order valence-electron chi connectivity index (χ4n) is 1.84. The molecular weight excluding hydrogens is 212 g/mol. The van der Waals surface area contributed by atoms with E-state index in [4.69, 9.17) is 4.74 Å². The van der Waals surface area contributed by atoms with E-state index in [9.17, 15) is 4.79 Å². The van der Waals surface area contributed by atoms with Gasteiger partial charge in [-0.3, -0.25) is 4.79 Å². The first kappa shape index (κ1) is 11.2. The Bertz CT molecular complexity index is 213. The molecule has 1 amide bonds. The zero-order valence-electron chi connectivity index (χ0n) is 8.83. The predicted octanol–water partition coefficient (Wildman–Crippen LogP) is -0.156. The summed E-state index contributed by atoms with van der Waals surface area (Å²) in [6, 6.07) is 0. The van der Waals surface area contributed by atoms with Crippen LogP contribution in [0, 0.1) is 5.92 Å². The number of carbonyl (C=O) groups excluding carboxylic acids is 1. The molecule has 0 radical (unpaired) electrons. The largest absolute Gasteiger partial charge is 0.366 e. The number of nitrogens with one attached hydrogen (secondary N) is 2. The Balaban J connectivity index is 1.66. The number of thioether (sulfide) groups is 1. The van der Waals surface area contributed by atoms with Crippen molar-refractivity contribution in [3.05, 3.63) is 0 Å². The molecule has 0 spiro atoms. The second kappa shape index (κ2) is 5.72. The van der Waals surface area contributed by atoms with Gasteiger partial charge in [0.05, 0.1) is 6.61 Å². The minimum absolute atomic E-state index is 0.0408. The summed E-state index contributed by atoms with van der Waals surface area (Å²) < 4.78 is 5.38. The van der Waals surface area contributed by atoms with Crippen LogP contribution in [-0.2, 0) is 9.53 Å². The Morgan fingerprint density at radius 2 is 2.53 bits per heavy atom. The van der Waals surface area contributed by atoms with Crippen LogP contribution < -0.4 is 10.6 Å². The zero-order valence-corrected chi connectivity index (χ0v) is 9.65. The highest BCUT2D eigenvalue weighted by atomic mass is 32.2. The first-order chi connectivity index (χ1) is 7.36. The van der Waals surface area contributed by atoms with Gasteiger partial charge in [-0.2, -0.15) is 11.8 Å². The summed E-state index contributed by atoms with van der Waals surface area (Å²) in [4.78, 5) is 11.7. The molecule has 0 aromatic carbocycles. The molecule has 2 aliphatic rings. The molecule has 2 atom stereocenters. The van der Waals surface area contributed by atoms with Crippen molar-refractivity contribution in [1.82, 2.24) is 10.6 Å². The van der Waals surface area contributed by atoms with Gasteiger partial charge in [0.2, 0.25) is 5.91 Å². The lowest BCUT2D eigenvalue weighted by Crippen LogP contribution is -2.48. The molecule has 4 nitrogen and oxygen atoms in total. The zero-order chi connectivity index (χ0) is 10.5. The monoisotopic (exact) mass is 230 g/mol. The number of hydrogen-bond donors (Lipinski definition) is 2. The number of ether oxygens (including phenoxy) is 1. The number of amides is 1. The van der Waals surface area contributed by atoms with Crippen molar-refractivity contribution in [1.29, 1.82) is 0 Å². The second-order valence-electron chi connectivity index (χ2n) is 4.04. The molecule has 2 fully saturated rings. The van der Waals surface area contributed by atoms with Crippen LogP contribution in [0.25, 0.3) is 0 Å². The second-order valence-corrected chi connectivity index (χ2v) is 5.19. The van der Waals surface area contributed by atoms with Gasteiger partial charge in [-0.25, -0.2) is 0 Å². The molecular formula is C10H18N2O2S. The van der Waals surface area contributed by atoms with Crippen molar-refractivity contribution in [2.75, 3.05) is 37.7 Å². The van der Waals surface area contributed by atoms with Crippen molar-refractivity contribution in [3.8, 4) is 0 Å². The normalized spacial score (nSPS) is 31.5. The van der Waals surface area contributed by atoms with Gasteiger partial charge in [-0.05, 0) is 23.8 Å². The third-order valence-corrected chi connectivity index (χ3v) is 4.04. The molecule has 2 aliphatic heterocycles. The minimum Gasteiger partial charge on any atom is -0.366 e. The van der Waals surface area contributed by atoms with Crippen LogP contribution in [0.5, 0.6) is 0 Å². The molecule has 0 aromatic rings. The smallest absolute Gasteiger partial charge is 0.250 e. The molecule has 2 N–H and O–H groups in total. The Labute approximate surface area is 94.5 Å². The number of carbonyl (C=O) groups is 1. The molecule has 2 heterocycles. The first-order valence-electron chi connectivity index (χ1n) is 5.54. The van der Waals surface area contributed by atoms with E-state index >= 15 is 0 Å². The van der Waals surface area contributed by atoms with E-state index in [1.54, 1.807) is 0 Å². The molecule has 0 aromatic heterocycles. The van der Waals surface area contributed by atoms with Crippen LogP contribution in [0.4, 0.5) is 0 Å². The van der Waals surface area contributed by atoms with E-state index in [0.717, 1.165) is 13.1 Å². The molecule has 0 aliphatic carbocycles. The van der Waals surface area contributed by atoms with Gasteiger partial charge in [-0.15, -0.1) is 0 Å². The summed E-state index contributed by atoms with van der Waals surface area (Å²) >= 11 is 1.97. The maximum Gasteiger partial charge on any atom is 0.250 e. The molecule has 5 heteroatoms. The quantitative estimate of drug-likeness (QED) is 0.707. The molecule has 0 bridgehead atoms. The van der Waals surface area contributed by atoms with Crippen LogP contribution in [-0.4, -0.2) is 49.8 Å². The third-order valence-electron chi connectivity index (χ3n) is 2.81. The minimum atomic E-state index is -0.284. The highest BCUT2D eigenvalue weighted by Gasteiger charge is 2.23. The maximum absolute atomic E-state index is 11.7. The van der Waals surface area contributed by atoms with Gasteiger partial charge < -0.3 is 15.4 Å². The van der Waals surface area contributed by atoms with E-state index in [1.165, 1.54) is 17.9 Å². The van der Waals surface area contributed by atoms with Gasteiger partial charge in [0.1, 0.15) is 6.10 Å². The van der Waals surface area contributed by atoms with E-state index in [1.807, 2.05) is 11.8 Å². The average molecular weight is 230 g/mol. The summed E-state index contributed by atoms with van der Waals surface area (Å²) in [5.41, 5.74) is 0. The van der Waals surface area contributed by atoms with Gasteiger partial charge in [0.15, 0.2) is 0 Å². The van der Waals surface area contributed by atoms with E-state index in [-0.39, 0.29) is 12.0 Å². The molecule has 86 valence electrons. The topological polar surface area (TPSA) is 50.4 Å². The average Bonchev–Trinajstić information content (AvgIpc) is 2.80. The molecule has 15 heavy (non-hydrogen) atoms. The lowest BCUT2D eigenvalue weighted by atomic mass is 10.1. The maximum atomic E-state index is 11.7. The fraction of sp³-hybridized carbons (Fsp3) is 0.900. The number of hydrogen-bond acceptors (Lipinski definition) is 4. The van der Waals surface area contributed by atoms with Gasteiger partial charge in [0.25, 0.3) is 0 Å². The molecule has 2 saturated heterocycles. The lowest BCUT2D eigenvalue weighted by molar-refractivity contribution is -0.134. The SMILES string of the molecule is O=C(NCC1CCSC1)C1CNCCO1. The van der Waals surface area contributed by atoms with Gasteiger partial charge in [-0.1, -0.05) is 0 Å².